The standard InChI is InChI=1S/C20H26N4O/c1-23-14-17(13-21-23)24-11-10-19(20(24)25)22-18-9-5-8-16(18)12-15-6-3-2-4-7-15/h2-4,6-7,13-14,16,18-19,22H,5,8-12H2,1H3/t16-,18-,19-/m0/s1. The van der Waals surface area contributed by atoms with E-state index >= 15 is 0 Å². The number of amides is 1. The molecule has 1 aromatic carbocycles. The summed E-state index contributed by atoms with van der Waals surface area (Å²) < 4.78 is 1.75. The van der Waals surface area contributed by atoms with Crippen molar-refractivity contribution in [3.63, 3.8) is 0 Å². The molecule has 0 unspecified atom stereocenters. The predicted octanol–water partition coefficient (Wildman–Crippen LogP) is 2.53. The number of nitrogens with zero attached hydrogens (tertiary/aromatic N) is 3. The molecule has 1 N–H and O–H groups in total. The molecule has 2 aliphatic rings. The van der Waals surface area contributed by atoms with Gasteiger partial charge in [0.2, 0.25) is 5.91 Å². The number of aryl methyl sites for hydroxylation is 1. The highest BCUT2D eigenvalue weighted by Gasteiger charge is 2.37. The second-order valence-electron chi connectivity index (χ2n) is 7.36. The van der Waals surface area contributed by atoms with Crippen molar-refractivity contribution in [2.45, 2.75) is 44.2 Å². The summed E-state index contributed by atoms with van der Waals surface area (Å²) in [7, 11) is 1.88. The van der Waals surface area contributed by atoms with Crippen molar-refractivity contribution < 1.29 is 4.79 Å². The molecule has 132 valence electrons. The van der Waals surface area contributed by atoms with Gasteiger partial charge < -0.3 is 10.2 Å². The van der Waals surface area contributed by atoms with Gasteiger partial charge in [-0.1, -0.05) is 36.8 Å². The topological polar surface area (TPSA) is 50.2 Å². The smallest absolute Gasteiger partial charge is 0.244 e. The Labute approximate surface area is 149 Å². The van der Waals surface area contributed by atoms with Crippen LogP contribution in [0.25, 0.3) is 0 Å². The molecule has 2 fully saturated rings. The van der Waals surface area contributed by atoms with E-state index in [1.165, 1.54) is 24.8 Å². The van der Waals surface area contributed by atoms with Crippen molar-refractivity contribution in [2.24, 2.45) is 13.0 Å². The molecule has 0 bridgehead atoms. The van der Waals surface area contributed by atoms with Crippen LogP contribution in [-0.2, 0) is 18.3 Å². The lowest BCUT2D eigenvalue weighted by Crippen LogP contribution is -2.45. The number of benzene rings is 1. The number of anilines is 1. The minimum absolute atomic E-state index is 0.0541. The summed E-state index contributed by atoms with van der Waals surface area (Å²) >= 11 is 0. The van der Waals surface area contributed by atoms with Crippen molar-refractivity contribution in [3.8, 4) is 0 Å². The SMILES string of the molecule is Cn1cc(N2CC[C@H](N[C@H]3CCC[C@H]3Cc3ccccc3)C2=O)cn1. The molecule has 1 saturated carbocycles. The van der Waals surface area contributed by atoms with Crippen LogP contribution in [0.2, 0.25) is 0 Å². The Morgan fingerprint density at radius 1 is 1.20 bits per heavy atom. The average Bonchev–Trinajstić information content (AvgIpc) is 3.32. The quantitative estimate of drug-likeness (QED) is 0.911. The molecule has 1 amide bonds. The van der Waals surface area contributed by atoms with E-state index in [0.717, 1.165) is 25.1 Å². The number of nitrogens with one attached hydrogen (secondary N) is 1. The molecule has 2 aromatic rings. The first-order chi connectivity index (χ1) is 12.2. The molecular weight excluding hydrogens is 312 g/mol. The van der Waals surface area contributed by atoms with Crippen LogP contribution in [0, 0.1) is 5.92 Å². The summed E-state index contributed by atoms with van der Waals surface area (Å²) in [6.45, 7) is 0.776. The lowest BCUT2D eigenvalue weighted by atomic mass is 9.94. The Hall–Kier alpha value is -2.14. The number of hydrogen-bond donors (Lipinski definition) is 1. The van der Waals surface area contributed by atoms with Gasteiger partial charge in [-0.2, -0.15) is 5.10 Å². The molecule has 1 saturated heterocycles. The fourth-order valence-corrected chi connectivity index (χ4v) is 4.31. The monoisotopic (exact) mass is 338 g/mol. The summed E-state index contributed by atoms with van der Waals surface area (Å²) in [6.07, 6.45) is 9.34. The third-order valence-electron chi connectivity index (χ3n) is 5.62. The van der Waals surface area contributed by atoms with Crippen LogP contribution >= 0.6 is 0 Å². The van der Waals surface area contributed by atoms with Gasteiger partial charge in [0, 0.05) is 25.8 Å². The van der Waals surface area contributed by atoms with E-state index in [0.29, 0.717) is 12.0 Å². The molecule has 1 aliphatic carbocycles. The second kappa shape index (κ2) is 7.00. The molecule has 1 aromatic heterocycles. The van der Waals surface area contributed by atoms with E-state index < -0.39 is 0 Å². The molecule has 0 spiro atoms. The van der Waals surface area contributed by atoms with Gasteiger partial charge in [0.1, 0.15) is 0 Å². The maximum absolute atomic E-state index is 12.8. The summed E-state index contributed by atoms with van der Waals surface area (Å²) in [6, 6.07) is 11.1. The number of rotatable bonds is 5. The predicted molar refractivity (Wildman–Crippen MR) is 98.4 cm³/mol. The van der Waals surface area contributed by atoms with Gasteiger partial charge in [-0.15, -0.1) is 0 Å². The minimum Gasteiger partial charge on any atom is -0.308 e. The van der Waals surface area contributed by atoms with Gasteiger partial charge >= 0.3 is 0 Å². The Morgan fingerprint density at radius 2 is 2.04 bits per heavy atom. The van der Waals surface area contributed by atoms with E-state index in [4.69, 9.17) is 0 Å². The molecule has 0 radical (unpaired) electrons. The van der Waals surface area contributed by atoms with Gasteiger partial charge in [-0.25, -0.2) is 0 Å². The van der Waals surface area contributed by atoms with Crippen molar-refractivity contribution >= 4 is 11.6 Å². The lowest BCUT2D eigenvalue weighted by Gasteiger charge is -2.24. The normalized spacial score (nSPS) is 26.5. The Kier molecular flexibility index (Phi) is 4.57. The molecule has 2 heterocycles. The zero-order valence-corrected chi connectivity index (χ0v) is 14.8. The highest BCUT2D eigenvalue weighted by atomic mass is 16.2. The number of aromatic nitrogens is 2. The summed E-state index contributed by atoms with van der Waals surface area (Å²) in [4.78, 5) is 14.7. The van der Waals surface area contributed by atoms with Gasteiger partial charge in [-0.3, -0.25) is 9.48 Å². The Bertz CT molecular complexity index is 726. The zero-order valence-electron chi connectivity index (χ0n) is 14.8. The maximum atomic E-state index is 12.8. The van der Waals surface area contributed by atoms with Crippen LogP contribution in [-0.4, -0.2) is 34.3 Å². The molecular formula is C20H26N4O. The first-order valence-electron chi connectivity index (χ1n) is 9.31. The highest BCUT2D eigenvalue weighted by molar-refractivity contribution is 5.99. The van der Waals surface area contributed by atoms with E-state index in [-0.39, 0.29) is 11.9 Å². The van der Waals surface area contributed by atoms with Crippen LogP contribution < -0.4 is 10.2 Å². The van der Waals surface area contributed by atoms with Crippen LogP contribution in [0.3, 0.4) is 0 Å². The number of carbonyl (C=O) groups excluding carboxylic acids is 1. The molecule has 5 nitrogen and oxygen atoms in total. The largest absolute Gasteiger partial charge is 0.308 e. The average molecular weight is 338 g/mol. The van der Waals surface area contributed by atoms with E-state index in [1.807, 2.05) is 18.1 Å². The molecule has 1 aliphatic heterocycles. The first kappa shape index (κ1) is 16.3. The minimum atomic E-state index is -0.0541. The van der Waals surface area contributed by atoms with Gasteiger partial charge in [-0.05, 0) is 37.2 Å². The summed E-state index contributed by atoms with van der Waals surface area (Å²) in [5, 5.41) is 7.87. The van der Waals surface area contributed by atoms with E-state index in [1.54, 1.807) is 10.9 Å². The number of hydrogen-bond acceptors (Lipinski definition) is 3. The zero-order chi connectivity index (χ0) is 17.2. The van der Waals surface area contributed by atoms with Crippen molar-refractivity contribution in [3.05, 3.63) is 48.3 Å². The fourth-order valence-electron chi connectivity index (χ4n) is 4.31. The van der Waals surface area contributed by atoms with Gasteiger partial charge in [0.05, 0.1) is 17.9 Å². The van der Waals surface area contributed by atoms with Crippen LogP contribution in [0.5, 0.6) is 0 Å². The van der Waals surface area contributed by atoms with Gasteiger partial charge in [0.15, 0.2) is 0 Å². The molecule has 3 atom stereocenters. The van der Waals surface area contributed by atoms with Crippen molar-refractivity contribution in [2.75, 3.05) is 11.4 Å². The molecule has 5 heteroatoms. The Balaban J connectivity index is 1.39. The van der Waals surface area contributed by atoms with Crippen molar-refractivity contribution in [1.82, 2.24) is 15.1 Å². The third-order valence-corrected chi connectivity index (χ3v) is 5.62. The molecule has 25 heavy (non-hydrogen) atoms. The van der Waals surface area contributed by atoms with Crippen LogP contribution in [0.1, 0.15) is 31.2 Å². The van der Waals surface area contributed by atoms with Crippen LogP contribution in [0.15, 0.2) is 42.7 Å². The lowest BCUT2D eigenvalue weighted by molar-refractivity contribution is -0.119. The third kappa shape index (κ3) is 3.47. The number of carbonyl (C=O) groups is 1. The summed E-state index contributed by atoms with van der Waals surface area (Å²) in [5.74, 6) is 0.820. The van der Waals surface area contributed by atoms with Crippen molar-refractivity contribution in [1.29, 1.82) is 0 Å². The maximum Gasteiger partial charge on any atom is 0.244 e. The fraction of sp³-hybridized carbons (Fsp3) is 0.500. The van der Waals surface area contributed by atoms with Crippen LogP contribution in [0.4, 0.5) is 5.69 Å². The van der Waals surface area contributed by atoms with E-state index in [9.17, 15) is 4.79 Å². The first-order valence-corrected chi connectivity index (χ1v) is 9.31. The summed E-state index contributed by atoms with van der Waals surface area (Å²) in [5.41, 5.74) is 2.31. The Morgan fingerprint density at radius 3 is 2.80 bits per heavy atom. The van der Waals surface area contributed by atoms with Gasteiger partial charge in [0.25, 0.3) is 0 Å². The molecule has 4 rings (SSSR count). The second-order valence-corrected chi connectivity index (χ2v) is 7.36. The highest BCUT2D eigenvalue weighted by Crippen LogP contribution is 2.30. The van der Waals surface area contributed by atoms with E-state index in [2.05, 4.69) is 40.7 Å².